The molecule has 0 atom stereocenters. The minimum Gasteiger partial charge on any atom is -0.295 e. The number of benzene rings is 5. The van der Waals surface area contributed by atoms with Gasteiger partial charge in [0.1, 0.15) is 0 Å². The zero-order valence-electron chi connectivity index (χ0n) is 41.8. The van der Waals surface area contributed by atoms with Gasteiger partial charge in [0, 0.05) is 32.6 Å². The summed E-state index contributed by atoms with van der Waals surface area (Å²) in [7, 11) is 1.08. The van der Waals surface area contributed by atoms with E-state index in [1.807, 2.05) is 44.2 Å². The maximum atomic E-state index is 10.6. The zero-order chi connectivity index (χ0) is 50.7. The molecule has 1 nitrogen and oxygen atoms in total. The highest BCUT2D eigenvalue weighted by Gasteiger charge is 2.25. The van der Waals surface area contributed by atoms with Gasteiger partial charge in [-0.15, -0.1) is 59.6 Å². The third kappa shape index (κ3) is 53.2. The number of alkyl halides is 8. The van der Waals surface area contributed by atoms with Crippen molar-refractivity contribution in [2.45, 2.75) is 119 Å². The van der Waals surface area contributed by atoms with Crippen molar-refractivity contribution in [3.63, 3.8) is 0 Å². The lowest BCUT2D eigenvalue weighted by Crippen LogP contribution is -2.08. The van der Waals surface area contributed by atoms with E-state index in [1.165, 1.54) is 53.3 Å². The van der Waals surface area contributed by atoms with Gasteiger partial charge in [0.25, 0.3) is 0 Å². The third-order valence-electron chi connectivity index (χ3n) is 7.56. The van der Waals surface area contributed by atoms with Crippen LogP contribution in [0.25, 0.3) is 0 Å². The highest BCUT2D eigenvalue weighted by molar-refractivity contribution is 6.15. The molecule has 0 saturated carbocycles. The molecule has 0 aliphatic rings. The number of halogens is 8. The average Bonchev–Trinajstić information content (AvgIpc) is 3.35. The molecule has 0 N–H and O–H groups in total. The van der Waals surface area contributed by atoms with Gasteiger partial charge in [-0.25, -0.2) is 0 Å². The van der Waals surface area contributed by atoms with Crippen LogP contribution in [-0.2, 0) is 4.74 Å². The van der Waals surface area contributed by atoms with Crippen LogP contribution in [0.2, 0.25) is 0 Å². The Labute approximate surface area is 404 Å². The summed E-state index contributed by atoms with van der Waals surface area (Å²) in [4.78, 5) is 0. The molecular weight excluding hydrogens is 882 g/mol. The second-order valence-electron chi connectivity index (χ2n) is 13.5. The van der Waals surface area contributed by atoms with E-state index in [0.717, 1.165) is 0 Å². The monoisotopic (exact) mass is 965 g/mol. The largest absolute Gasteiger partial charge is 0.522 e. The van der Waals surface area contributed by atoms with Crippen molar-refractivity contribution in [2.24, 2.45) is 0 Å². The molecule has 0 heterocycles. The maximum Gasteiger partial charge on any atom is 0.522 e. The van der Waals surface area contributed by atoms with Crippen LogP contribution in [0.5, 0.6) is 0 Å². The van der Waals surface area contributed by atoms with Gasteiger partial charge in [-0.05, 0) is 57.4 Å². The average molecular weight is 967 g/mol. The number of hydrogen-bond acceptors (Lipinski definition) is 1. The van der Waals surface area contributed by atoms with Gasteiger partial charge in [0.15, 0.2) is 0 Å². The molecule has 0 spiro atoms. The molecule has 0 aromatic heterocycles. The summed E-state index contributed by atoms with van der Waals surface area (Å²) in [6, 6.07) is 52.6. The molecular formula is C54H84Cl4F4O. The Morgan fingerprint density at radius 2 is 0.413 bits per heavy atom. The van der Waals surface area contributed by atoms with Crippen LogP contribution in [0.15, 0.2) is 152 Å². The topological polar surface area (TPSA) is 9.23 Å². The third-order valence-corrected chi connectivity index (χ3v) is 7.56. The van der Waals surface area contributed by atoms with Crippen molar-refractivity contribution < 1.29 is 22.3 Å². The van der Waals surface area contributed by atoms with Crippen LogP contribution in [-0.4, -0.2) is 46.2 Å². The molecule has 0 bridgehead atoms. The summed E-state index contributed by atoms with van der Waals surface area (Å²) in [6.45, 7) is 26.0. The van der Waals surface area contributed by atoms with Crippen LogP contribution in [0.4, 0.5) is 17.6 Å². The lowest BCUT2D eigenvalue weighted by molar-refractivity contribution is -0.311. The molecule has 5 aromatic carbocycles. The van der Waals surface area contributed by atoms with Gasteiger partial charge < -0.3 is 0 Å². The molecule has 0 fully saturated rings. The molecule has 9 heteroatoms. The first-order chi connectivity index (χ1) is 30.1. The maximum absolute atomic E-state index is 10.6. The molecule has 0 aliphatic carbocycles. The van der Waals surface area contributed by atoms with Crippen molar-refractivity contribution in [2.75, 3.05) is 39.8 Å². The van der Waals surface area contributed by atoms with E-state index in [1.54, 1.807) is 0 Å². The fourth-order valence-electron chi connectivity index (χ4n) is 4.19. The normalized spacial score (nSPS) is 8.94. The van der Waals surface area contributed by atoms with Crippen LogP contribution < -0.4 is 0 Å². The number of ether oxygens (including phenoxy) is 1. The molecule has 5 rings (SSSR count). The van der Waals surface area contributed by atoms with E-state index >= 15 is 0 Å². The summed E-state index contributed by atoms with van der Waals surface area (Å²) >= 11 is 18.6. The number of rotatable bonds is 5. The summed E-state index contributed by atoms with van der Waals surface area (Å²) in [5.74, 6) is 3.29. The van der Waals surface area contributed by atoms with Crippen LogP contribution in [0, 0.1) is 0 Å². The summed E-state index contributed by atoms with van der Waals surface area (Å²) in [5, 5.41) is 0. The molecule has 362 valence electrons. The van der Waals surface area contributed by atoms with E-state index in [4.69, 9.17) is 0 Å². The molecule has 0 aliphatic heterocycles. The van der Waals surface area contributed by atoms with Crippen molar-refractivity contribution in [3.8, 4) is 0 Å². The Morgan fingerprint density at radius 3 is 0.460 bits per heavy atom. The van der Waals surface area contributed by atoms with Crippen LogP contribution in [0.1, 0.15) is 140 Å². The standard InChI is InChI=1S/5C9H12.C2H3F3O.C2H6.4CH3Cl.CH3F/c5*1-8(2)9-6-4-3-5-7-9;1-6-2(3,4)5;6*1-2/h5*3-8H,1-2H3;1H3;1-2H3;5*1H3. The molecule has 63 heavy (non-hydrogen) atoms. The predicted molar refractivity (Wildman–Crippen MR) is 281 cm³/mol. The first kappa shape index (κ1) is 74.3. The second kappa shape index (κ2) is 57.0. The van der Waals surface area contributed by atoms with Crippen molar-refractivity contribution in [3.05, 3.63) is 179 Å². The van der Waals surface area contributed by atoms with Crippen molar-refractivity contribution in [1.82, 2.24) is 0 Å². The quantitative estimate of drug-likeness (QED) is 0.126. The fourth-order valence-corrected chi connectivity index (χ4v) is 4.19. The smallest absolute Gasteiger partial charge is 0.295 e. The SMILES string of the molecule is CC.CC(C)c1ccccc1.CC(C)c1ccccc1.CC(C)c1ccccc1.CC(C)c1ccccc1.CC(C)c1ccccc1.CCl.CCl.CCl.CCl.CF.COC(F)(F)F. The Hall–Kier alpha value is -3.06. The van der Waals surface area contributed by atoms with E-state index < -0.39 is 6.36 Å². The minimum atomic E-state index is -4.46. The first-order valence-corrected chi connectivity index (χ1v) is 23.9. The highest BCUT2D eigenvalue weighted by atomic mass is 35.5. The zero-order valence-corrected chi connectivity index (χ0v) is 44.8. The molecule has 0 saturated heterocycles. The second-order valence-corrected chi connectivity index (χ2v) is 13.5. The van der Waals surface area contributed by atoms with E-state index in [0.29, 0.717) is 43.9 Å². The van der Waals surface area contributed by atoms with Crippen LogP contribution in [0.3, 0.4) is 0 Å². The van der Waals surface area contributed by atoms with Gasteiger partial charge in [0.2, 0.25) is 0 Å². The predicted octanol–water partition coefficient (Wildman–Crippen LogP) is 20.2. The Balaban J connectivity index is -0.000000114. The van der Waals surface area contributed by atoms with Gasteiger partial charge in [-0.2, -0.15) is 0 Å². The van der Waals surface area contributed by atoms with Gasteiger partial charge >= 0.3 is 6.36 Å². The molecule has 5 aromatic rings. The first-order valence-electron chi connectivity index (χ1n) is 20.8. The highest BCUT2D eigenvalue weighted by Crippen LogP contribution is 2.15. The fraction of sp³-hybridized carbons (Fsp3) is 0.444. The van der Waals surface area contributed by atoms with Crippen molar-refractivity contribution in [1.29, 1.82) is 0 Å². The summed E-state index contributed by atoms with van der Waals surface area (Å²) < 4.78 is 44.1. The summed E-state index contributed by atoms with van der Waals surface area (Å²) in [5.41, 5.74) is 7.07. The Kier molecular flexibility index (Phi) is 67.2. The van der Waals surface area contributed by atoms with E-state index in [2.05, 4.69) is 242 Å². The van der Waals surface area contributed by atoms with Gasteiger partial charge in [0.05, 0.1) is 7.18 Å². The van der Waals surface area contributed by atoms with E-state index in [-0.39, 0.29) is 0 Å². The Bertz CT molecular complexity index is 1220. The lowest BCUT2D eigenvalue weighted by Gasteiger charge is -2.01. The minimum absolute atomic E-state index is 0.500. The summed E-state index contributed by atoms with van der Waals surface area (Å²) in [6.07, 6.45) is 1.43. The molecule has 0 unspecified atom stereocenters. The molecule has 0 amide bonds. The van der Waals surface area contributed by atoms with E-state index in [9.17, 15) is 17.6 Å². The Morgan fingerprint density at radius 1 is 0.317 bits per heavy atom. The lowest BCUT2D eigenvalue weighted by atomic mass is 10.0. The molecule has 0 radical (unpaired) electrons. The van der Waals surface area contributed by atoms with Gasteiger partial charge in [-0.1, -0.05) is 235 Å². The number of hydrogen-bond donors (Lipinski definition) is 0. The van der Waals surface area contributed by atoms with Gasteiger partial charge in [-0.3, -0.25) is 9.13 Å². The number of methoxy groups -OCH3 is 1. The van der Waals surface area contributed by atoms with Crippen LogP contribution >= 0.6 is 46.4 Å². The van der Waals surface area contributed by atoms with Crippen molar-refractivity contribution >= 4 is 46.4 Å².